The third-order valence-corrected chi connectivity index (χ3v) is 3.25. The Hall–Kier alpha value is -1.46. The highest BCUT2D eigenvalue weighted by atomic mass is 16.5. The summed E-state index contributed by atoms with van der Waals surface area (Å²) in [7, 11) is 0. The maximum absolute atomic E-state index is 7.68. The molecule has 0 saturated heterocycles. The van der Waals surface area contributed by atoms with E-state index in [1.807, 2.05) is 41.5 Å². The van der Waals surface area contributed by atoms with Gasteiger partial charge >= 0.3 is 0 Å². The summed E-state index contributed by atoms with van der Waals surface area (Å²) >= 11 is 0. The van der Waals surface area contributed by atoms with Crippen LogP contribution in [0.2, 0.25) is 0 Å². The Balaban J connectivity index is 4.34. The summed E-state index contributed by atoms with van der Waals surface area (Å²) in [5.74, 6) is 0.755. The monoisotopic (exact) mass is 312 g/mol. The highest BCUT2D eigenvalue weighted by Crippen LogP contribution is 2.08. The zero-order valence-electron chi connectivity index (χ0n) is 14.8. The average molecular weight is 312 g/mol. The molecule has 0 fully saturated rings. The molecule has 2 N–H and O–H groups in total. The van der Waals surface area contributed by atoms with E-state index in [-0.39, 0.29) is 35.7 Å². The van der Waals surface area contributed by atoms with Gasteiger partial charge in [-0.2, -0.15) is 10.2 Å². The van der Waals surface area contributed by atoms with Crippen LogP contribution in [0.5, 0.6) is 0 Å². The number of rotatable bonds is 10. The Morgan fingerprint density at radius 1 is 0.773 bits per heavy atom. The van der Waals surface area contributed by atoms with E-state index < -0.39 is 0 Å². The molecule has 6 nitrogen and oxygen atoms in total. The molecule has 0 amide bonds. The third-order valence-electron chi connectivity index (χ3n) is 3.25. The fourth-order valence-electron chi connectivity index (χ4n) is 1.36. The first-order chi connectivity index (χ1) is 10.3. The van der Waals surface area contributed by atoms with Gasteiger partial charge in [-0.1, -0.05) is 41.5 Å². The first-order valence-electron chi connectivity index (χ1n) is 8.14. The van der Waals surface area contributed by atoms with Crippen molar-refractivity contribution >= 4 is 11.8 Å². The molecule has 0 radical (unpaired) electrons. The summed E-state index contributed by atoms with van der Waals surface area (Å²) in [5.41, 5.74) is 0. The highest BCUT2D eigenvalue weighted by molar-refractivity contribution is 5.74. The maximum atomic E-state index is 7.68. The van der Waals surface area contributed by atoms with Crippen molar-refractivity contribution in [2.24, 2.45) is 22.1 Å². The number of ether oxygens (including phenoxy) is 2. The summed E-state index contributed by atoms with van der Waals surface area (Å²) in [5, 5.41) is 24.0. The fourth-order valence-corrected chi connectivity index (χ4v) is 1.36. The summed E-state index contributed by atoms with van der Waals surface area (Å²) in [6, 6.07) is -0.0876. The van der Waals surface area contributed by atoms with Crippen LogP contribution in [0, 0.1) is 22.7 Å². The van der Waals surface area contributed by atoms with Crippen LogP contribution in [0.25, 0.3) is 0 Å². The molecule has 22 heavy (non-hydrogen) atoms. The molecule has 0 aromatic rings. The Morgan fingerprint density at radius 3 is 1.32 bits per heavy atom. The Bertz CT molecular complexity index is 333. The Morgan fingerprint density at radius 2 is 1.09 bits per heavy atom. The topological polar surface area (TPSA) is 90.9 Å². The van der Waals surface area contributed by atoms with E-state index in [2.05, 4.69) is 10.2 Å². The van der Waals surface area contributed by atoms with Crippen molar-refractivity contribution in [2.45, 2.75) is 66.5 Å². The van der Waals surface area contributed by atoms with Gasteiger partial charge in [0.25, 0.3) is 0 Å². The van der Waals surface area contributed by atoms with Crippen LogP contribution in [0.1, 0.15) is 54.4 Å². The van der Waals surface area contributed by atoms with Crippen LogP contribution in [0.4, 0.5) is 0 Å². The predicted octanol–water partition coefficient (Wildman–Crippen LogP) is 4.30. The van der Waals surface area contributed by atoms with Crippen molar-refractivity contribution in [3.63, 3.8) is 0 Å². The minimum Gasteiger partial charge on any atom is -0.479 e. The normalized spacial score (nSPS) is 14.4. The highest BCUT2D eigenvalue weighted by Gasteiger charge is 2.12. The minimum absolute atomic E-state index is 0.0438. The van der Waals surface area contributed by atoms with Gasteiger partial charge in [0.05, 0.1) is 0 Å². The predicted molar refractivity (Wildman–Crippen MR) is 90.0 cm³/mol. The zero-order chi connectivity index (χ0) is 17.1. The van der Waals surface area contributed by atoms with E-state index in [4.69, 9.17) is 20.3 Å². The smallest absolute Gasteiger partial charge is 0.183 e. The number of hydrogen-bond acceptors (Lipinski definition) is 6. The molecule has 0 aliphatic heterocycles. The summed E-state index contributed by atoms with van der Waals surface area (Å²) in [6.07, 6.45) is 1.63. The van der Waals surface area contributed by atoms with Gasteiger partial charge < -0.3 is 9.47 Å². The van der Waals surface area contributed by atoms with Crippen LogP contribution >= 0.6 is 0 Å². The second-order valence-corrected chi connectivity index (χ2v) is 6.01. The summed E-state index contributed by atoms with van der Waals surface area (Å²) in [6.45, 7) is 12.5. The van der Waals surface area contributed by atoms with Crippen LogP contribution < -0.4 is 0 Å². The van der Waals surface area contributed by atoms with Crippen molar-refractivity contribution in [1.29, 1.82) is 10.8 Å². The molecule has 0 aromatic heterocycles. The number of azo groups is 1. The van der Waals surface area contributed by atoms with Gasteiger partial charge in [-0.3, -0.25) is 10.8 Å². The SMILES string of the molecule is CCC(COC(=N)C(C)C)N=NC(CC)COC(=N)C(C)C. The first kappa shape index (κ1) is 20.5. The van der Waals surface area contributed by atoms with Crippen LogP contribution in [0.15, 0.2) is 10.2 Å². The van der Waals surface area contributed by atoms with Crippen LogP contribution in [0.3, 0.4) is 0 Å². The van der Waals surface area contributed by atoms with Crippen molar-refractivity contribution in [1.82, 2.24) is 0 Å². The van der Waals surface area contributed by atoms with Gasteiger partial charge in [-0.15, -0.1) is 0 Å². The van der Waals surface area contributed by atoms with E-state index in [0.717, 1.165) is 12.8 Å². The second kappa shape index (κ2) is 11.2. The van der Waals surface area contributed by atoms with Gasteiger partial charge in [0.2, 0.25) is 0 Å². The van der Waals surface area contributed by atoms with Gasteiger partial charge in [0.15, 0.2) is 11.8 Å². The molecule has 0 spiro atoms. The number of nitrogens with zero attached hydrogens (tertiary/aromatic N) is 2. The Kier molecular flexibility index (Phi) is 10.4. The van der Waals surface area contributed by atoms with E-state index >= 15 is 0 Å². The molecule has 2 atom stereocenters. The quantitative estimate of drug-likeness (QED) is 0.358. The molecular formula is C16H32N4O2. The second-order valence-electron chi connectivity index (χ2n) is 6.01. The fraction of sp³-hybridized carbons (Fsp3) is 0.875. The van der Waals surface area contributed by atoms with Crippen LogP contribution in [-0.4, -0.2) is 37.1 Å². The van der Waals surface area contributed by atoms with Crippen LogP contribution in [-0.2, 0) is 9.47 Å². The third kappa shape index (κ3) is 8.74. The lowest BCUT2D eigenvalue weighted by Gasteiger charge is -2.16. The molecule has 6 heteroatoms. The molecule has 0 aromatic carbocycles. The van der Waals surface area contributed by atoms with Gasteiger partial charge in [0, 0.05) is 11.8 Å². The van der Waals surface area contributed by atoms with Gasteiger partial charge in [-0.05, 0) is 12.8 Å². The molecule has 0 aliphatic rings. The standard InChI is InChI=1S/C16H32N4O2/c1-7-13(9-21-15(17)11(3)4)19-20-14(8-2)10-22-16(18)12(5)6/h11-14,17-18H,7-10H2,1-6H3. The van der Waals surface area contributed by atoms with Crippen molar-refractivity contribution in [2.75, 3.05) is 13.2 Å². The lowest BCUT2D eigenvalue weighted by Crippen LogP contribution is -2.21. The molecular weight excluding hydrogens is 280 g/mol. The average Bonchev–Trinajstić information content (AvgIpc) is 2.49. The zero-order valence-corrected chi connectivity index (χ0v) is 14.8. The Labute approximate surface area is 134 Å². The van der Waals surface area contributed by atoms with E-state index in [0.29, 0.717) is 13.2 Å². The van der Waals surface area contributed by atoms with E-state index in [1.165, 1.54) is 0 Å². The maximum Gasteiger partial charge on any atom is 0.183 e. The molecule has 0 heterocycles. The lowest BCUT2D eigenvalue weighted by atomic mass is 10.2. The van der Waals surface area contributed by atoms with E-state index in [9.17, 15) is 0 Å². The van der Waals surface area contributed by atoms with Crippen molar-refractivity contribution in [3.05, 3.63) is 0 Å². The first-order valence-corrected chi connectivity index (χ1v) is 8.14. The molecule has 0 saturated carbocycles. The van der Waals surface area contributed by atoms with Crippen molar-refractivity contribution in [3.8, 4) is 0 Å². The lowest BCUT2D eigenvalue weighted by molar-refractivity contribution is 0.237. The molecule has 0 aliphatic carbocycles. The molecule has 0 bridgehead atoms. The number of hydrogen-bond donors (Lipinski definition) is 2. The van der Waals surface area contributed by atoms with E-state index in [1.54, 1.807) is 0 Å². The van der Waals surface area contributed by atoms with Gasteiger partial charge in [-0.25, -0.2) is 0 Å². The largest absolute Gasteiger partial charge is 0.479 e. The van der Waals surface area contributed by atoms with Gasteiger partial charge in [0.1, 0.15) is 25.3 Å². The molecule has 128 valence electrons. The number of nitrogens with one attached hydrogen (secondary N) is 2. The minimum atomic E-state index is -0.0438. The molecule has 2 unspecified atom stereocenters. The summed E-state index contributed by atoms with van der Waals surface area (Å²) in [4.78, 5) is 0. The molecule has 0 rings (SSSR count). The summed E-state index contributed by atoms with van der Waals surface area (Å²) < 4.78 is 10.8. The van der Waals surface area contributed by atoms with Crippen molar-refractivity contribution < 1.29 is 9.47 Å².